The largest absolute Gasteiger partial charge is 0.491 e. The zero-order valence-electron chi connectivity index (χ0n) is 20.2. The second-order valence-corrected chi connectivity index (χ2v) is 9.25. The summed E-state index contributed by atoms with van der Waals surface area (Å²) in [6, 6.07) is 17.8. The Kier molecular flexibility index (Phi) is 6.18. The molecule has 37 heavy (non-hydrogen) atoms. The number of rotatable bonds is 7. The van der Waals surface area contributed by atoms with Gasteiger partial charge in [-0.2, -0.15) is 0 Å². The van der Waals surface area contributed by atoms with Gasteiger partial charge in [-0.3, -0.25) is 0 Å². The Morgan fingerprint density at radius 3 is 2.76 bits per heavy atom. The third-order valence-corrected chi connectivity index (χ3v) is 6.67. The van der Waals surface area contributed by atoms with E-state index in [1.165, 1.54) is 12.1 Å². The van der Waals surface area contributed by atoms with Gasteiger partial charge in [0, 0.05) is 36.2 Å². The Morgan fingerprint density at radius 2 is 1.92 bits per heavy atom. The summed E-state index contributed by atoms with van der Waals surface area (Å²) in [7, 11) is 0. The van der Waals surface area contributed by atoms with Crippen molar-refractivity contribution in [2.24, 2.45) is 0 Å². The van der Waals surface area contributed by atoms with E-state index in [0.717, 1.165) is 52.2 Å². The lowest BCUT2D eigenvalue weighted by atomic mass is 10.1. The van der Waals surface area contributed by atoms with Crippen LogP contribution < -0.4 is 10.1 Å². The predicted molar refractivity (Wildman–Crippen MR) is 142 cm³/mol. The monoisotopic (exact) mass is 514 g/mol. The van der Waals surface area contributed by atoms with Crippen LogP contribution in [0, 0.1) is 5.82 Å². The number of benzene rings is 2. The molecular weight excluding hydrogens is 491 g/mol. The first-order valence-corrected chi connectivity index (χ1v) is 12.6. The Labute approximate surface area is 218 Å². The van der Waals surface area contributed by atoms with Crippen molar-refractivity contribution in [1.29, 1.82) is 0 Å². The number of para-hydroxylation sites is 1. The molecule has 1 aliphatic heterocycles. The van der Waals surface area contributed by atoms with Crippen LogP contribution in [-0.4, -0.2) is 37.7 Å². The number of imidazole rings is 1. The molecule has 4 heterocycles. The Morgan fingerprint density at radius 1 is 1.08 bits per heavy atom. The molecule has 0 saturated heterocycles. The van der Waals surface area contributed by atoms with Crippen LogP contribution in [0.1, 0.15) is 25.2 Å². The van der Waals surface area contributed by atoms with Crippen LogP contribution in [0.15, 0.2) is 66.9 Å². The number of ether oxygens (including phenoxy) is 1. The molecule has 0 bridgehead atoms. The van der Waals surface area contributed by atoms with Crippen molar-refractivity contribution in [1.82, 2.24) is 24.5 Å². The number of nitrogens with zero attached hydrogens (tertiary/aromatic N) is 5. The lowest BCUT2D eigenvalue weighted by Gasteiger charge is -2.19. The maximum Gasteiger partial charge on any atom is 0.223 e. The molecule has 3 aromatic heterocycles. The highest BCUT2D eigenvalue weighted by Gasteiger charge is 2.31. The van der Waals surface area contributed by atoms with Gasteiger partial charge in [-0.05, 0) is 55.8 Å². The van der Waals surface area contributed by atoms with E-state index in [0.29, 0.717) is 30.0 Å². The first kappa shape index (κ1) is 23.4. The van der Waals surface area contributed by atoms with Crippen molar-refractivity contribution in [3.63, 3.8) is 0 Å². The van der Waals surface area contributed by atoms with E-state index in [-0.39, 0.29) is 11.9 Å². The SMILES string of the molecule is CCNc1nccc(-c2c(-c3ccc(F)cc3)nc3n2C(COc2cc(Cl)nc4ccccc24)CC3)n1. The Balaban J connectivity index is 1.41. The second-order valence-electron chi connectivity index (χ2n) is 8.86. The molecule has 1 atom stereocenters. The van der Waals surface area contributed by atoms with E-state index in [2.05, 4.69) is 19.9 Å². The number of aryl methyl sites for hydroxylation is 1. The highest BCUT2D eigenvalue weighted by atomic mass is 35.5. The fraction of sp³-hybridized carbons (Fsp3) is 0.214. The highest BCUT2D eigenvalue weighted by molar-refractivity contribution is 6.30. The standard InChI is InChI=1S/C28H24ClFN6O/c1-2-31-28-32-14-13-22(34-28)27-26(17-7-9-18(30)10-8-17)35-25-12-11-19(36(25)27)16-37-23-15-24(29)33-21-6-4-3-5-20(21)23/h3-10,13-15,19H,2,11-12,16H2,1H3,(H,31,32,34). The molecule has 0 spiro atoms. The minimum absolute atomic E-state index is 0.0231. The minimum atomic E-state index is -0.289. The molecule has 0 aliphatic carbocycles. The molecule has 0 radical (unpaired) electrons. The normalized spacial score (nSPS) is 14.6. The number of anilines is 1. The summed E-state index contributed by atoms with van der Waals surface area (Å²) < 4.78 is 22.3. The van der Waals surface area contributed by atoms with Gasteiger partial charge in [-0.1, -0.05) is 23.7 Å². The number of nitrogens with one attached hydrogen (secondary N) is 1. The number of fused-ring (bicyclic) bond motifs is 2. The number of hydrogen-bond acceptors (Lipinski definition) is 6. The van der Waals surface area contributed by atoms with Crippen molar-refractivity contribution >= 4 is 28.5 Å². The number of hydrogen-bond donors (Lipinski definition) is 1. The van der Waals surface area contributed by atoms with Crippen LogP contribution in [0.5, 0.6) is 5.75 Å². The van der Waals surface area contributed by atoms with Crippen LogP contribution in [0.3, 0.4) is 0 Å². The van der Waals surface area contributed by atoms with Gasteiger partial charge in [-0.25, -0.2) is 24.3 Å². The van der Waals surface area contributed by atoms with Gasteiger partial charge in [0.2, 0.25) is 5.95 Å². The van der Waals surface area contributed by atoms with Crippen LogP contribution >= 0.6 is 11.6 Å². The Bertz CT molecular complexity index is 1590. The van der Waals surface area contributed by atoms with Crippen molar-refractivity contribution < 1.29 is 9.13 Å². The molecule has 0 amide bonds. The van der Waals surface area contributed by atoms with Crippen molar-refractivity contribution in [2.45, 2.75) is 25.8 Å². The lowest BCUT2D eigenvalue weighted by Crippen LogP contribution is -2.15. The van der Waals surface area contributed by atoms with E-state index >= 15 is 0 Å². The molecule has 2 aromatic carbocycles. The fourth-order valence-corrected chi connectivity index (χ4v) is 5.03. The maximum atomic E-state index is 13.7. The predicted octanol–water partition coefficient (Wildman–Crippen LogP) is 6.35. The van der Waals surface area contributed by atoms with Crippen LogP contribution in [0.25, 0.3) is 33.5 Å². The van der Waals surface area contributed by atoms with Gasteiger partial charge in [-0.15, -0.1) is 0 Å². The summed E-state index contributed by atoms with van der Waals surface area (Å²) >= 11 is 6.28. The quantitative estimate of drug-likeness (QED) is 0.255. The molecule has 186 valence electrons. The molecule has 7 nitrogen and oxygen atoms in total. The van der Waals surface area contributed by atoms with Gasteiger partial charge < -0.3 is 14.6 Å². The molecule has 0 fully saturated rings. The summed E-state index contributed by atoms with van der Waals surface area (Å²) in [5, 5.41) is 4.48. The average Bonchev–Trinajstić information content (AvgIpc) is 3.47. The molecule has 9 heteroatoms. The van der Waals surface area contributed by atoms with E-state index in [1.54, 1.807) is 24.4 Å². The third-order valence-electron chi connectivity index (χ3n) is 6.48. The van der Waals surface area contributed by atoms with E-state index < -0.39 is 0 Å². The number of aromatic nitrogens is 5. The minimum Gasteiger partial charge on any atom is -0.491 e. The lowest BCUT2D eigenvalue weighted by molar-refractivity contribution is 0.258. The molecule has 1 aliphatic rings. The van der Waals surface area contributed by atoms with Gasteiger partial charge >= 0.3 is 0 Å². The topological polar surface area (TPSA) is 77.8 Å². The number of halogens is 2. The van der Waals surface area contributed by atoms with Crippen LogP contribution in [-0.2, 0) is 6.42 Å². The molecule has 5 aromatic rings. The van der Waals surface area contributed by atoms with Crippen molar-refractivity contribution in [3.05, 3.63) is 83.7 Å². The third kappa shape index (κ3) is 4.49. The Hall–Kier alpha value is -4.04. The molecule has 1 unspecified atom stereocenters. The smallest absolute Gasteiger partial charge is 0.223 e. The fourth-order valence-electron chi connectivity index (χ4n) is 4.84. The first-order chi connectivity index (χ1) is 18.1. The maximum absolute atomic E-state index is 13.7. The van der Waals surface area contributed by atoms with Crippen molar-refractivity contribution in [2.75, 3.05) is 18.5 Å². The second kappa shape index (κ2) is 9.78. The molecule has 0 saturated carbocycles. The van der Waals surface area contributed by atoms with Crippen LogP contribution in [0.4, 0.5) is 10.3 Å². The average molecular weight is 515 g/mol. The number of pyridine rings is 1. The molecule has 6 rings (SSSR count). The molecule has 1 N–H and O–H groups in total. The summed E-state index contributed by atoms with van der Waals surface area (Å²) in [5.74, 6) is 1.90. The highest BCUT2D eigenvalue weighted by Crippen LogP contribution is 2.40. The van der Waals surface area contributed by atoms with E-state index in [4.69, 9.17) is 26.3 Å². The van der Waals surface area contributed by atoms with Crippen LogP contribution in [0.2, 0.25) is 5.15 Å². The van der Waals surface area contributed by atoms with Gasteiger partial charge in [0.25, 0.3) is 0 Å². The summed E-state index contributed by atoms with van der Waals surface area (Å²) in [4.78, 5) is 18.5. The van der Waals surface area contributed by atoms with E-state index in [9.17, 15) is 4.39 Å². The zero-order chi connectivity index (χ0) is 25.4. The van der Waals surface area contributed by atoms with Gasteiger partial charge in [0.1, 0.15) is 29.2 Å². The first-order valence-electron chi connectivity index (χ1n) is 12.2. The van der Waals surface area contributed by atoms with Gasteiger partial charge in [0.15, 0.2) is 0 Å². The summed E-state index contributed by atoms with van der Waals surface area (Å²) in [5.41, 5.74) is 3.99. The molecular formula is C28H24ClFN6O. The summed E-state index contributed by atoms with van der Waals surface area (Å²) in [6.07, 6.45) is 3.41. The van der Waals surface area contributed by atoms with Crippen molar-refractivity contribution in [3.8, 4) is 28.4 Å². The van der Waals surface area contributed by atoms with E-state index in [1.807, 2.05) is 37.3 Å². The zero-order valence-corrected chi connectivity index (χ0v) is 20.9. The summed E-state index contributed by atoms with van der Waals surface area (Å²) in [6.45, 7) is 3.13. The van der Waals surface area contributed by atoms with Gasteiger partial charge in [0.05, 0.1) is 28.6 Å².